The smallest absolute Gasteiger partial charge is 0.306 e. The average Bonchev–Trinajstić information content (AvgIpc) is 3.32. The maximum absolute atomic E-state index is 12.9. The van der Waals surface area contributed by atoms with Crippen molar-refractivity contribution in [1.29, 1.82) is 0 Å². The van der Waals surface area contributed by atoms with Crippen LogP contribution in [0.3, 0.4) is 0 Å². The minimum atomic E-state index is -0.763. The van der Waals surface area contributed by atoms with Gasteiger partial charge in [0, 0.05) is 19.3 Å². The van der Waals surface area contributed by atoms with Crippen molar-refractivity contribution in [3.05, 3.63) is 0 Å². The number of esters is 3. The number of ether oxygens (including phenoxy) is 3. The summed E-state index contributed by atoms with van der Waals surface area (Å²) in [5.41, 5.74) is 0. The van der Waals surface area contributed by atoms with Crippen LogP contribution in [0.1, 0.15) is 349 Å². The lowest BCUT2D eigenvalue weighted by atomic mass is 9.99. The molecule has 0 rings (SSSR count). The third kappa shape index (κ3) is 53.8. The second-order valence-corrected chi connectivity index (χ2v) is 22.1. The second-order valence-electron chi connectivity index (χ2n) is 22.1. The fraction of sp³-hybridized carbons (Fsp3) is 0.952. The first-order valence-corrected chi connectivity index (χ1v) is 30.8. The van der Waals surface area contributed by atoms with E-state index in [2.05, 4.69) is 34.6 Å². The quantitative estimate of drug-likeness (QED) is 0.0343. The van der Waals surface area contributed by atoms with Gasteiger partial charge in [0.1, 0.15) is 13.2 Å². The van der Waals surface area contributed by atoms with E-state index in [0.717, 1.165) is 69.6 Å². The van der Waals surface area contributed by atoms with E-state index in [1.54, 1.807) is 0 Å². The van der Waals surface area contributed by atoms with E-state index < -0.39 is 6.10 Å². The van der Waals surface area contributed by atoms with Gasteiger partial charge in [-0.3, -0.25) is 14.4 Å². The predicted molar refractivity (Wildman–Crippen MR) is 293 cm³/mol. The summed E-state index contributed by atoms with van der Waals surface area (Å²) >= 11 is 0. The molecule has 0 fully saturated rings. The van der Waals surface area contributed by atoms with Crippen molar-refractivity contribution in [2.24, 2.45) is 11.8 Å². The van der Waals surface area contributed by atoms with Gasteiger partial charge in [0.15, 0.2) is 6.10 Å². The standard InChI is InChI=1S/C62H120O6/c1-6-8-9-10-11-12-13-14-15-16-17-21-27-32-37-42-47-52-60(63)66-55-59(56-67-61(64)53-48-43-38-33-28-24-23-25-30-35-40-45-50-57(3)4)68-62(65)54-49-44-39-34-29-22-19-18-20-26-31-36-41-46-51-58(5)7-2/h57-59H,6-56H2,1-5H3/t58?,59-/m0/s1. The van der Waals surface area contributed by atoms with Gasteiger partial charge in [-0.2, -0.15) is 0 Å². The monoisotopic (exact) mass is 961 g/mol. The maximum atomic E-state index is 12.9. The second kappa shape index (κ2) is 54.7. The molecule has 0 amide bonds. The topological polar surface area (TPSA) is 78.9 Å². The summed E-state index contributed by atoms with van der Waals surface area (Å²) in [7, 11) is 0. The SMILES string of the molecule is CCCCCCCCCCCCCCCCCCCC(=O)OC[C@@H](COC(=O)CCCCCCCCCCCCCCC(C)C)OC(=O)CCCCCCCCCCCCCCCCC(C)CC. The number of carbonyl (C=O) groups is 3. The minimum absolute atomic E-state index is 0.0622. The van der Waals surface area contributed by atoms with Crippen LogP contribution in [0, 0.1) is 11.8 Å². The van der Waals surface area contributed by atoms with Crippen LogP contribution in [0.2, 0.25) is 0 Å². The fourth-order valence-corrected chi connectivity index (χ4v) is 9.55. The van der Waals surface area contributed by atoms with Gasteiger partial charge in [0.25, 0.3) is 0 Å². The van der Waals surface area contributed by atoms with Crippen molar-refractivity contribution in [1.82, 2.24) is 0 Å². The summed E-state index contributed by atoms with van der Waals surface area (Å²) in [6.45, 7) is 11.5. The van der Waals surface area contributed by atoms with Gasteiger partial charge >= 0.3 is 17.9 Å². The Bertz CT molecular complexity index is 1040. The fourth-order valence-electron chi connectivity index (χ4n) is 9.55. The Balaban J connectivity index is 4.30. The summed E-state index contributed by atoms with van der Waals surface area (Å²) in [6.07, 6.45) is 59.5. The van der Waals surface area contributed by atoms with E-state index in [0.29, 0.717) is 19.3 Å². The van der Waals surface area contributed by atoms with Gasteiger partial charge in [0.05, 0.1) is 0 Å². The van der Waals surface area contributed by atoms with Gasteiger partial charge in [-0.05, 0) is 31.1 Å². The number of hydrogen-bond acceptors (Lipinski definition) is 6. The Labute approximate surface area is 425 Å². The van der Waals surface area contributed by atoms with Gasteiger partial charge < -0.3 is 14.2 Å². The highest BCUT2D eigenvalue weighted by Crippen LogP contribution is 2.19. The Morgan fingerprint density at radius 2 is 0.559 bits per heavy atom. The van der Waals surface area contributed by atoms with Crippen LogP contribution < -0.4 is 0 Å². The number of unbranched alkanes of at least 4 members (excludes halogenated alkanes) is 40. The highest BCUT2D eigenvalue weighted by Gasteiger charge is 2.19. The first kappa shape index (κ1) is 66.4. The normalized spacial score (nSPS) is 12.4. The highest BCUT2D eigenvalue weighted by atomic mass is 16.6. The summed E-state index contributed by atoms with van der Waals surface area (Å²) in [6, 6.07) is 0. The molecule has 6 nitrogen and oxygen atoms in total. The molecule has 0 spiro atoms. The van der Waals surface area contributed by atoms with E-state index in [1.165, 1.54) is 238 Å². The number of carbonyl (C=O) groups excluding carboxylic acids is 3. The lowest BCUT2D eigenvalue weighted by Gasteiger charge is -2.18. The molecule has 0 saturated heterocycles. The number of rotatable bonds is 56. The number of hydrogen-bond donors (Lipinski definition) is 0. The Kier molecular flexibility index (Phi) is 53.5. The van der Waals surface area contributed by atoms with E-state index in [1.807, 2.05) is 0 Å². The van der Waals surface area contributed by atoms with Crippen LogP contribution in [0.5, 0.6) is 0 Å². The third-order valence-electron chi connectivity index (χ3n) is 14.6. The van der Waals surface area contributed by atoms with Gasteiger partial charge in [-0.1, -0.05) is 311 Å². The van der Waals surface area contributed by atoms with Gasteiger partial charge in [0.2, 0.25) is 0 Å². The first-order chi connectivity index (χ1) is 33.3. The average molecular weight is 962 g/mol. The molecular weight excluding hydrogens is 841 g/mol. The molecule has 0 aliphatic carbocycles. The maximum Gasteiger partial charge on any atom is 0.306 e. The van der Waals surface area contributed by atoms with E-state index in [9.17, 15) is 14.4 Å². The van der Waals surface area contributed by atoms with Crippen molar-refractivity contribution in [2.45, 2.75) is 355 Å². The zero-order chi connectivity index (χ0) is 49.6. The Morgan fingerprint density at radius 1 is 0.309 bits per heavy atom. The molecule has 68 heavy (non-hydrogen) atoms. The molecule has 0 saturated carbocycles. The largest absolute Gasteiger partial charge is 0.462 e. The molecule has 404 valence electrons. The van der Waals surface area contributed by atoms with E-state index in [-0.39, 0.29) is 31.1 Å². The van der Waals surface area contributed by atoms with Gasteiger partial charge in [-0.15, -0.1) is 0 Å². The summed E-state index contributed by atoms with van der Waals surface area (Å²) in [4.78, 5) is 38.2. The van der Waals surface area contributed by atoms with Crippen LogP contribution in [-0.4, -0.2) is 37.2 Å². The minimum Gasteiger partial charge on any atom is -0.462 e. The molecule has 0 aromatic rings. The molecule has 6 heteroatoms. The Morgan fingerprint density at radius 3 is 0.838 bits per heavy atom. The molecule has 0 aromatic carbocycles. The molecule has 0 heterocycles. The lowest BCUT2D eigenvalue weighted by molar-refractivity contribution is -0.167. The predicted octanol–water partition coefficient (Wildman–Crippen LogP) is 20.4. The van der Waals surface area contributed by atoms with Crippen LogP contribution in [0.4, 0.5) is 0 Å². The molecule has 0 aromatic heterocycles. The van der Waals surface area contributed by atoms with Crippen LogP contribution >= 0.6 is 0 Å². The zero-order valence-corrected chi connectivity index (χ0v) is 46.7. The molecule has 0 aliphatic rings. The molecule has 0 aliphatic heterocycles. The molecule has 2 atom stereocenters. The van der Waals surface area contributed by atoms with Crippen LogP contribution in [-0.2, 0) is 28.6 Å². The zero-order valence-electron chi connectivity index (χ0n) is 46.7. The molecule has 0 bridgehead atoms. The van der Waals surface area contributed by atoms with Crippen molar-refractivity contribution >= 4 is 17.9 Å². The van der Waals surface area contributed by atoms with Crippen LogP contribution in [0.15, 0.2) is 0 Å². The molecule has 1 unspecified atom stereocenters. The first-order valence-electron chi connectivity index (χ1n) is 30.8. The van der Waals surface area contributed by atoms with Crippen LogP contribution in [0.25, 0.3) is 0 Å². The summed E-state index contributed by atoms with van der Waals surface area (Å²) in [5.74, 6) is 0.894. The lowest BCUT2D eigenvalue weighted by Crippen LogP contribution is -2.30. The molecule has 0 N–H and O–H groups in total. The molecule has 0 radical (unpaired) electrons. The summed E-state index contributed by atoms with van der Waals surface area (Å²) < 4.78 is 16.9. The summed E-state index contributed by atoms with van der Waals surface area (Å²) in [5, 5.41) is 0. The van der Waals surface area contributed by atoms with Crippen molar-refractivity contribution in [2.75, 3.05) is 13.2 Å². The molecular formula is C62H120O6. The highest BCUT2D eigenvalue weighted by molar-refractivity contribution is 5.71. The Hall–Kier alpha value is -1.59. The third-order valence-corrected chi connectivity index (χ3v) is 14.6. The van der Waals surface area contributed by atoms with Crippen molar-refractivity contribution in [3.63, 3.8) is 0 Å². The van der Waals surface area contributed by atoms with Crippen molar-refractivity contribution < 1.29 is 28.6 Å². The van der Waals surface area contributed by atoms with E-state index >= 15 is 0 Å². The van der Waals surface area contributed by atoms with Gasteiger partial charge in [-0.25, -0.2) is 0 Å². The van der Waals surface area contributed by atoms with Crippen molar-refractivity contribution in [3.8, 4) is 0 Å². The van der Waals surface area contributed by atoms with E-state index in [4.69, 9.17) is 14.2 Å².